The maximum atomic E-state index is 11.6. The first-order valence-electron chi connectivity index (χ1n) is 6.82. The third-order valence-corrected chi connectivity index (χ3v) is 6.24. The van der Waals surface area contributed by atoms with Crippen LogP contribution in [-0.2, 0) is 15.4 Å². The minimum Gasteiger partial charge on any atom is -0.493 e. The average Bonchev–Trinajstić information content (AvgIpc) is 2.46. The van der Waals surface area contributed by atoms with E-state index in [4.69, 9.17) is 4.74 Å². The van der Waals surface area contributed by atoms with Gasteiger partial charge >= 0.3 is 0 Å². The van der Waals surface area contributed by atoms with Gasteiger partial charge in [0.25, 0.3) is 0 Å². The maximum absolute atomic E-state index is 11.6. The summed E-state index contributed by atoms with van der Waals surface area (Å²) >= 11 is 6.93. The second kappa shape index (κ2) is 7.44. The van der Waals surface area contributed by atoms with Crippen LogP contribution in [0, 0.1) is 5.92 Å². The molecule has 0 aliphatic carbocycles. The number of alkyl halides is 1. The van der Waals surface area contributed by atoms with Gasteiger partial charge in [0.1, 0.15) is 5.75 Å². The molecule has 0 radical (unpaired) electrons. The van der Waals surface area contributed by atoms with Gasteiger partial charge in [0.15, 0.2) is 0 Å². The van der Waals surface area contributed by atoms with Crippen molar-refractivity contribution in [2.24, 2.45) is 5.92 Å². The summed E-state index contributed by atoms with van der Waals surface area (Å²) < 4.78 is 31.6. The monoisotopic (exact) mass is 439 g/mol. The second-order valence-corrected chi connectivity index (χ2v) is 8.72. The Morgan fingerprint density at radius 1 is 1.43 bits per heavy atom. The summed E-state index contributed by atoms with van der Waals surface area (Å²) in [5, 5.41) is 0.760. The third-order valence-electron chi connectivity index (χ3n) is 3.60. The molecule has 1 aliphatic rings. The molecular weight excluding hydrogens is 422 g/mol. The molecule has 0 saturated carbocycles. The summed E-state index contributed by atoms with van der Waals surface area (Å²) in [5.74, 6) is 1.08. The number of piperidine rings is 1. The van der Waals surface area contributed by atoms with Gasteiger partial charge in [-0.3, -0.25) is 0 Å². The highest BCUT2D eigenvalue weighted by Crippen LogP contribution is 2.26. The number of rotatable bonds is 5. The first-order chi connectivity index (χ1) is 9.90. The predicted molar refractivity (Wildman–Crippen MR) is 91.4 cm³/mol. The fourth-order valence-corrected chi connectivity index (χ4v) is 4.59. The summed E-state index contributed by atoms with van der Waals surface area (Å²) in [7, 11) is -3.09. The standard InChI is InChI=1S/C14H19Br2NO3S/c1-21(18,19)17-6-2-3-11(9-17)10-20-13-4-5-14(16)12(7-13)8-15/h4-5,7,11H,2-3,6,8-10H2,1H3. The zero-order valence-electron chi connectivity index (χ0n) is 11.9. The van der Waals surface area contributed by atoms with Gasteiger partial charge in [-0.25, -0.2) is 12.7 Å². The van der Waals surface area contributed by atoms with Crippen LogP contribution in [-0.4, -0.2) is 38.7 Å². The van der Waals surface area contributed by atoms with Crippen LogP contribution in [0.3, 0.4) is 0 Å². The number of sulfonamides is 1. The maximum Gasteiger partial charge on any atom is 0.211 e. The van der Waals surface area contributed by atoms with Crippen molar-refractivity contribution in [1.29, 1.82) is 0 Å². The summed E-state index contributed by atoms with van der Waals surface area (Å²) in [6.45, 7) is 1.73. The van der Waals surface area contributed by atoms with Crippen LogP contribution in [0.1, 0.15) is 18.4 Å². The van der Waals surface area contributed by atoms with E-state index in [2.05, 4.69) is 31.9 Å². The molecule has 1 aromatic rings. The van der Waals surface area contributed by atoms with E-state index in [1.54, 1.807) is 4.31 Å². The van der Waals surface area contributed by atoms with Gasteiger partial charge in [-0.15, -0.1) is 0 Å². The number of nitrogens with zero attached hydrogens (tertiary/aromatic N) is 1. The Labute approximate surface area is 143 Å². The molecule has 7 heteroatoms. The van der Waals surface area contributed by atoms with Crippen molar-refractivity contribution >= 4 is 41.9 Å². The highest BCUT2D eigenvalue weighted by atomic mass is 79.9. The van der Waals surface area contributed by atoms with Crippen LogP contribution in [0.2, 0.25) is 0 Å². The van der Waals surface area contributed by atoms with Gasteiger partial charge in [-0.1, -0.05) is 31.9 Å². The first-order valence-corrected chi connectivity index (χ1v) is 10.6. The number of hydrogen-bond donors (Lipinski definition) is 0. The Kier molecular flexibility index (Phi) is 6.11. The van der Waals surface area contributed by atoms with Crippen LogP contribution in [0.4, 0.5) is 0 Å². The van der Waals surface area contributed by atoms with Gasteiger partial charge < -0.3 is 4.74 Å². The van der Waals surface area contributed by atoms with Crippen LogP contribution >= 0.6 is 31.9 Å². The quantitative estimate of drug-likeness (QED) is 0.659. The van der Waals surface area contributed by atoms with Crippen LogP contribution < -0.4 is 4.74 Å². The van der Waals surface area contributed by atoms with Gasteiger partial charge in [0.2, 0.25) is 10.0 Å². The van der Waals surface area contributed by atoms with E-state index in [0.29, 0.717) is 19.7 Å². The van der Waals surface area contributed by atoms with E-state index in [0.717, 1.165) is 34.0 Å². The van der Waals surface area contributed by atoms with Crippen molar-refractivity contribution in [3.63, 3.8) is 0 Å². The number of ether oxygens (including phenoxy) is 1. The average molecular weight is 441 g/mol. The molecule has 1 aliphatic heterocycles. The number of halogens is 2. The molecule has 0 aromatic heterocycles. The van der Waals surface area contributed by atoms with E-state index < -0.39 is 10.0 Å². The Morgan fingerprint density at radius 3 is 2.86 bits per heavy atom. The summed E-state index contributed by atoms with van der Waals surface area (Å²) in [6, 6.07) is 5.89. The molecule has 21 heavy (non-hydrogen) atoms. The van der Waals surface area contributed by atoms with Crippen molar-refractivity contribution in [3.8, 4) is 5.75 Å². The van der Waals surface area contributed by atoms with E-state index >= 15 is 0 Å². The fourth-order valence-electron chi connectivity index (χ4n) is 2.42. The van der Waals surface area contributed by atoms with Crippen molar-refractivity contribution in [2.75, 3.05) is 26.0 Å². The van der Waals surface area contributed by atoms with E-state index in [1.807, 2.05) is 18.2 Å². The molecule has 2 rings (SSSR count). The molecule has 1 heterocycles. The van der Waals surface area contributed by atoms with E-state index in [-0.39, 0.29) is 5.92 Å². The summed E-state index contributed by atoms with van der Waals surface area (Å²) in [5.41, 5.74) is 1.13. The number of benzene rings is 1. The lowest BCUT2D eigenvalue weighted by atomic mass is 10.0. The summed E-state index contributed by atoms with van der Waals surface area (Å²) in [6.07, 6.45) is 3.18. The van der Waals surface area contributed by atoms with Crippen LogP contribution in [0.5, 0.6) is 5.75 Å². The van der Waals surface area contributed by atoms with E-state index in [1.165, 1.54) is 6.26 Å². The predicted octanol–water partition coefficient (Wildman–Crippen LogP) is 3.39. The Hall–Kier alpha value is -0.110. The molecular formula is C14H19Br2NO3S. The lowest BCUT2D eigenvalue weighted by Gasteiger charge is -2.30. The topological polar surface area (TPSA) is 46.6 Å². The Bertz CT molecular complexity index is 592. The normalized spacial score (nSPS) is 20.4. The van der Waals surface area contributed by atoms with Gasteiger partial charge in [-0.05, 0) is 36.6 Å². The molecule has 1 saturated heterocycles. The third kappa shape index (κ3) is 4.94. The van der Waals surface area contributed by atoms with Crippen molar-refractivity contribution in [2.45, 2.75) is 18.2 Å². The smallest absolute Gasteiger partial charge is 0.211 e. The Balaban J connectivity index is 1.94. The van der Waals surface area contributed by atoms with Crippen LogP contribution in [0.25, 0.3) is 0 Å². The van der Waals surface area contributed by atoms with Crippen molar-refractivity contribution in [3.05, 3.63) is 28.2 Å². The molecule has 0 N–H and O–H groups in total. The summed E-state index contributed by atoms with van der Waals surface area (Å²) in [4.78, 5) is 0. The minimum absolute atomic E-state index is 0.254. The lowest BCUT2D eigenvalue weighted by Crippen LogP contribution is -2.40. The van der Waals surface area contributed by atoms with E-state index in [9.17, 15) is 8.42 Å². The van der Waals surface area contributed by atoms with Crippen molar-refractivity contribution < 1.29 is 13.2 Å². The van der Waals surface area contributed by atoms with Crippen LogP contribution in [0.15, 0.2) is 22.7 Å². The molecule has 118 valence electrons. The molecule has 1 atom stereocenters. The second-order valence-electron chi connectivity index (χ2n) is 5.33. The zero-order chi connectivity index (χ0) is 15.5. The highest BCUT2D eigenvalue weighted by molar-refractivity contribution is 9.10. The first kappa shape index (κ1) is 17.2. The molecule has 0 amide bonds. The molecule has 1 aromatic carbocycles. The largest absolute Gasteiger partial charge is 0.493 e. The molecule has 4 nitrogen and oxygen atoms in total. The Morgan fingerprint density at radius 2 is 2.19 bits per heavy atom. The number of hydrogen-bond acceptors (Lipinski definition) is 3. The molecule has 0 bridgehead atoms. The lowest BCUT2D eigenvalue weighted by molar-refractivity contribution is 0.180. The van der Waals surface area contributed by atoms with Gasteiger partial charge in [0.05, 0.1) is 12.9 Å². The van der Waals surface area contributed by atoms with Gasteiger partial charge in [0, 0.05) is 28.8 Å². The minimum atomic E-state index is -3.09. The zero-order valence-corrected chi connectivity index (χ0v) is 15.9. The highest BCUT2D eigenvalue weighted by Gasteiger charge is 2.26. The molecule has 1 unspecified atom stereocenters. The van der Waals surface area contributed by atoms with Crippen molar-refractivity contribution in [1.82, 2.24) is 4.31 Å². The SMILES string of the molecule is CS(=O)(=O)N1CCCC(COc2ccc(Br)c(CBr)c2)C1. The molecule has 0 spiro atoms. The van der Waals surface area contributed by atoms with Gasteiger partial charge in [-0.2, -0.15) is 0 Å². The fraction of sp³-hybridized carbons (Fsp3) is 0.571. The molecule has 1 fully saturated rings.